The van der Waals surface area contributed by atoms with Crippen LogP contribution < -0.4 is 10.6 Å². The highest BCUT2D eigenvalue weighted by molar-refractivity contribution is 7.17. The van der Waals surface area contributed by atoms with Crippen LogP contribution in [0.1, 0.15) is 54.0 Å². The van der Waals surface area contributed by atoms with Crippen molar-refractivity contribution >= 4 is 34.2 Å². The molecule has 10 heteroatoms. The van der Waals surface area contributed by atoms with E-state index in [0.29, 0.717) is 34.7 Å². The van der Waals surface area contributed by atoms with Crippen LogP contribution in [0.2, 0.25) is 0 Å². The molecule has 0 radical (unpaired) electrons. The predicted molar refractivity (Wildman–Crippen MR) is 142 cm³/mol. The van der Waals surface area contributed by atoms with Crippen molar-refractivity contribution in [1.82, 2.24) is 20.1 Å². The third-order valence-corrected chi connectivity index (χ3v) is 8.56. The molecule has 2 N–H and O–H groups in total. The van der Waals surface area contributed by atoms with E-state index in [1.54, 1.807) is 18.7 Å². The number of piperidine rings is 2. The summed E-state index contributed by atoms with van der Waals surface area (Å²) in [4.78, 5) is 45.8. The van der Waals surface area contributed by atoms with Gasteiger partial charge in [0, 0.05) is 40.0 Å². The molecule has 2 unspecified atom stereocenters. The Morgan fingerprint density at radius 2 is 1.86 bits per heavy atom. The van der Waals surface area contributed by atoms with Gasteiger partial charge in [-0.25, -0.2) is 14.2 Å². The summed E-state index contributed by atoms with van der Waals surface area (Å²) in [6, 6.07) is 6.21. The minimum atomic E-state index is -0.378. The first-order chi connectivity index (χ1) is 17.7. The van der Waals surface area contributed by atoms with Crippen molar-refractivity contribution in [3.05, 3.63) is 46.2 Å². The maximum Gasteiger partial charge on any atom is 0.321 e. The number of urea groups is 1. The Balaban J connectivity index is 1.37. The summed E-state index contributed by atoms with van der Waals surface area (Å²) in [5.74, 6) is 0.432. The molecule has 37 heavy (non-hydrogen) atoms. The molecule has 4 rings (SSSR count). The van der Waals surface area contributed by atoms with Crippen LogP contribution in [0.25, 0.3) is 0 Å². The monoisotopic (exact) mass is 529 g/mol. The van der Waals surface area contributed by atoms with Gasteiger partial charge < -0.3 is 15.1 Å². The van der Waals surface area contributed by atoms with Gasteiger partial charge in [0.15, 0.2) is 10.9 Å². The first kappa shape index (κ1) is 27.2. The van der Waals surface area contributed by atoms with Gasteiger partial charge in [-0.05, 0) is 68.7 Å². The minimum absolute atomic E-state index is 0.00430. The second kappa shape index (κ2) is 12.1. The number of thiazole rings is 1. The van der Waals surface area contributed by atoms with Gasteiger partial charge in [-0.15, -0.1) is 0 Å². The summed E-state index contributed by atoms with van der Waals surface area (Å²) in [6.45, 7) is 8.77. The summed E-state index contributed by atoms with van der Waals surface area (Å²) in [5.41, 5.74) is 1.76. The van der Waals surface area contributed by atoms with Crippen LogP contribution in [-0.2, 0) is 11.2 Å². The average molecular weight is 530 g/mol. The number of nitrogens with one attached hydrogen (secondary N) is 2. The maximum atomic E-state index is 13.3. The lowest BCUT2D eigenvalue weighted by molar-refractivity contribution is -0.130. The molecule has 0 saturated carbocycles. The van der Waals surface area contributed by atoms with E-state index in [1.165, 1.54) is 30.4 Å². The van der Waals surface area contributed by atoms with E-state index < -0.39 is 0 Å². The maximum absolute atomic E-state index is 13.3. The van der Waals surface area contributed by atoms with E-state index in [2.05, 4.69) is 20.5 Å². The van der Waals surface area contributed by atoms with Gasteiger partial charge in [0.1, 0.15) is 5.82 Å². The Morgan fingerprint density at radius 3 is 2.54 bits per heavy atom. The highest BCUT2D eigenvalue weighted by atomic mass is 32.1. The fraction of sp³-hybridized carbons (Fsp3) is 0.556. The van der Waals surface area contributed by atoms with E-state index in [9.17, 15) is 18.8 Å². The highest BCUT2D eigenvalue weighted by Crippen LogP contribution is 2.26. The van der Waals surface area contributed by atoms with Crippen LogP contribution in [-0.4, -0.2) is 71.3 Å². The van der Waals surface area contributed by atoms with E-state index in [0.717, 1.165) is 50.9 Å². The summed E-state index contributed by atoms with van der Waals surface area (Å²) in [7, 11) is 0. The van der Waals surface area contributed by atoms with Crippen molar-refractivity contribution in [3.8, 4) is 0 Å². The van der Waals surface area contributed by atoms with Crippen LogP contribution in [0.3, 0.4) is 0 Å². The number of benzene rings is 1. The summed E-state index contributed by atoms with van der Waals surface area (Å²) in [6.07, 6.45) is 4.00. The third-order valence-electron chi connectivity index (χ3n) is 7.39. The molecule has 2 fully saturated rings. The van der Waals surface area contributed by atoms with Crippen molar-refractivity contribution in [3.63, 3.8) is 0 Å². The van der Waals surface area contributed by atoms with Gasteiger partial charge in [0.25, 0.3) is 0 Å². The second-order valence-electron chi connectivity index (χ2n) is 10.3. The molecule has 3 amide bonds. The average Bonchev–Trinajstić information content (AvgIpc) is 3.21. The third kappa shape index (κ3) is 7.35. The Labute approximate surface area is 221 Å². The molecular formula is C27H36FN5O3S. The zero-order valence-electron chi connectivity index (χ0n) is 21.8. The number of carbonyl (C=O) groups is 3. The molecule has 3 atom stereocenters. The Kier molecular flexibility index (Phi) is 8.91. The summed E-state index contributed by atoms with van der Waals surface area (Å²) in [5, 5.41) is 6.24. The number of aromatic nitrogens is 1. The van der Waals surface area contributed by atoms with Gasteiger partial charge in [0.05, 0.1) is 16.6 Å². The number of ketones is 1. The lowest BCUT2D eigenvalue weighted by Crippen LogP contribution is -2.57. The number of nitrogens with zero attached hydrogens (tertiary/aromatic N) is 3. The number of amides is 3. The van der Waals surface area contributed by atoms with Crippen molar-refractivity contribution in [2.24, 2.45) is 11.8 Å². The van der Waals surface area contributed by atoms with Crippen LogP contribution in [0.4, 0.5) is 14.3 Å². The molecule has 1 aromatic carbocycles. The number of hydrogen-bond donors (Lipinski definition) is 2. The van der Waals surface area contributed by atoms with E-state index in [4.69, 9.17) is 0 Å². The number of likely N-dealkylation sites (tertiary alicyclic amines) is 2. The van der Waals surface area contributed by atoms with E-state index in [-0.39, 0.29) is 35.5 Å². The van der Waals surface area contributed by atoms with Crippen molar-refractivity contribution in [2.75, 3.05) is 38.0 Å². The number of Topliss-reactive ketones (excluding diaryl/α,β-unsaturated/α-hetero) is 1. The molecule has 8 nitrogen and oxygen atoms in total. The van der Waals surface area contributed by atoms with Crippen LogP contribution in [0, 0.1) is 24.6 Å². The SMILES string of the molecule is CC(=O)c1sc(NC(=O)NC2CN(C(C)=O)CCC2CN2CCC[C@@H](Cc3ccc(F)cc3)C2)nc1C. The van der Waals surface area contributed by atoms with E-state index in [1.807, 2.05) is 12.1 Å². The molecule has 0 aliphatic carbocycles. The van der Waals surface area contributed by atoms with Gasteiger partial charge in [-0.1, -0.05) is 23.5 Å². The van der Waals surface area contributed by atoms with Gasteiger partial charge in [-0.3, -0.25) is 14.9 Å². The van der Waals surface area contributed by atoms with Gasteiger partial charge in [0.2, 0.25) is 5.91 Å². The quantitative estimate of drug-likeness (QED) is 0.527. The van der Waals surface area contributed by atoms with Gasteiger partial charge in [-0.2, -0.15) is 0 Å². The molecule has 2 aliphatic heterocycles. The number of rotatable bonds is 7. The van der Waals surface area contributed by atoms with Crippen LogP contribution >= 0.6 is 11.3 Å². The Bertz CT molecular complexity index is 1120. The first-order valence-electron chi connectivity index (χ1n) is 13.0. The molecule has 1 aromatic heterocycles. The number of carbonyl (C=O) groups excluding carboxylic acids is 3. The van der Waals surface area contributed by atoms with Crippen molar-refractivity contribution in [1.29, 1.82) is 0 Å². The smallest absolute Gasteiger partial charge is 0.321 e. The normalized spacial score (nSPS) is 22.5. The highest BCUT2D eigenvalue weighted by Gasteiger charge is 2.34. The molecule has 3 heterocycles. The summed E-state index contributed by atoms with van der Waals surface area (Å²) < 4.78 is 13.3. The minimum Gasteiger partial charge on any atom is -0.341 e. The zero-order valence-corrected chi connectivity index (χ0v) is 22.6. The molecule has 2 aromatic rings. The predicted octanol–water partition coefficient (Wildman–Crippen LogP) is 4.11. The molecule has 200 valence electrons. The molecule has 2 saturated heterocycles. The van der Waals surface area contributed by atoms with E-state index >= 15 is 0 Å². The number of halogens is 1. The Hall–Kier alpha value is -2.85. The standard InChI is InChI=1S/C27H36FN5O3S/c1-17-25(18(2)34)37-27(29-17)31-26(36)30-24-16-33(19(3)35)12-10-22(24)15-32-11-4-5-21(14-32)13-20-6-8-23(28)9-7-20/h6-9,21-22,24H,4-5,10-16H2,1-3H3,(H2,29,30,31,36)/t21-,22?,24?/m0/s1. The largest absolute Gasteiger partial charge is 0.341 e. The fourth-order valence-electron chi connectivity index (χ4n) is 5.52. The molecule has 0 bridgehead atoms. The lowest BCUT2D eigenvalue weighted by atomic mass is 9.87. The zero-order chi connectivity index (χ0) is 26.5. The van der Waals surface area contributed by atoms with Crippen LogP contribution in [0.15, 0.2) is 24.3 Å². The topological polar surface area (TPSA) is 94.6 Å². The fourth-order valence-corrected chi connectivity index (χ4v) is 6.37. The van der Waals surface area contributed by atoms with Gasteiger partial charge >= 0.3 is 6.03 Å². The summed E-state index contributed by atoms with van der Waals surface area (Å²) >= 11 is 1.17. The first-order valence-corrected chi connectivity index (χ1v) is 13.8. The van der Waals surface area contributed by atoms with Crippen LogP contribution in [0.5, 0.6) is 0 Å². The van der Waals surface area contributed by atoms with Crippen molar-refractivity contribution in [2.45, 2.75) is 52.5 Å². The number of aryl methyl sites for hydroxylation is 1. The molecular weight excluding hydrogens is 493 g/mol. The number of hydrogen-bond acceptors (Lipinski definition) is 6. The number of anilines is 1. The Morgan fingerprint density at radius 1 is 1.11 bits per heavy atom. The molecule has 2 aliphatic rings. The van der Waals surface area contributed by atoms with Crippen molar-refractivity contribution < 1.29 is 18.8 Å². The second-order valence-corrected chi connectivity index (χ2v) is 11.3. The molecule has 0 spiro atoms. The lowest BCUT2D eigenvalue weighted by Gasteiger charge is -2.42.